The van der Waals surface area contributed by atoms with E-state index < -0.39 is 30.1 Å². The molecule has 1 aliphatic carbocycles. The number of likely N-dealkylation sites (N-methyl/N-ethyl adjacent to an activating group) is 1. The molecule has 1 saturated carbocycles. The van der Waals surface area contributed by atoms with E-state index in [-0.39, 0.29) is 6.04 Å². The highest BCUT2D eigenvalue weighted by atomic mass is 16.5. The van der Waals surface area contributed by atoms with Crippen molar-refractivity contribution in [1.29, 1.82) is 0 Å². The number of benzene rings is 1. The molecule has 25 heavy (non-hydrogen) atoms. The van der Waals surface area contributed by atoms with Crippen molar-refractivity contribution in [2.24, 2.45) is 0 Å². The van der Waals surface area contributed by atoms with E-state index in [2.05, 4.69) is 10.6 Å². The van der Waals surface area contributed by atoms with Gasteiger partial charge in [0.2, 0.25) is 0 Å². The minimum absolute atomic E-state index is 0.150. The molecule has 1 fully saturated rings. The molecule has 0 bridgehead atoms. The second-order valence-electron chi connectivity index (χ2n) is 6.39. The fraction of sp³-hybridized carbons (Fsp3) is 0.500. The van der Waals surface area contributed by atoms with Gasteiger partial charge in [0.15, 0.2) is 6.10 Å². The molecule has 7 heteroatoms. The highest BCUT2D eigenvalue weighted by Crippen LogP contribution is 2.18. The second-order valence-corrected chi connectivity index (χ2v) is 6.39. The maximum absolute atomic E-state index is 12.2. The van der Waals surface area contributed by atoms with Gasteiger partial charge in [-0.05, 0) is 39.3 Å². The predicted octanol–water partition coefficient (Wildman–Crippen LogP) is 1.43. The molecule has 136 valence electrons. The molecule has 1 aliphatic rings. The summed E-state index contributed by atoms with van der Waals surface area (Å²) < 4.78 is 5.18. The topological polar surface area (TPSA) is 87.7 Å². The Balaban J connectivity index is 1.78. The summed E-state index contributed by atoms with van der Waals surface area (Å²) in [6.45, 7) is 3.75. The number of carbonyl (C=O) groups is 3. The van der Waals surface area contributed by atoms with Crippen LogP contribution in [-0.4, -0.2) is 48.0 Å². The van der Waals surface area contributed by atoms with Crippen LogP contribution in [0.4, 0.5) is 4.79 Å². The number of hydrogen-bond donors (Lipinski definition) is 2. The SMILES string of the molecule is C[C@H](OC(=O)[C@@H](C)N(C)Cc1ccccc1)C(=O)NC(=O)NC1CC1. The molecule has 0 aliphatic heterocycles. The third-order valence-corrected chi connectivity index (χ3v) is 4.09. The van der Waals surface area contributed by atoms with E-state index in [1.165, 1.54) is 6.92 Å². The Labute approximate surface area is 147 Å². The van der Waals surface area contributed by atoms with Crippen molar-refractivity contribution >= 4 is 17.9 Å². The Hall–Kier alpha value is -2.41. The average molecular weight is 347 g/mol. The van der Waals surface area contributed by atoms with Crippen molar-refractivity contribution < 1.29 is 19.1 Å². The van der Waals surface area contributed by atoms with Gasteiger partial charge in [-0.15, -0.1) is 0 Å². The number of nitrogens with zero attached hydrogens (tertiary/aromatic N) is 1. The molecule has 2 rings (SSSR count). The summed E-state index contributed by atoms with van der Waals surface area (Å²) in [6.07, 6.45) is 0.819. The molecule has 1 aromatic carbocycles. The molecule has 0 radical (unpaired) electrons. The van der Waals surface area contributed by atoms with E-state index in [0.29, 0.717) is 6.54 Å². The molecule has 0 heterocycles. The lowest BCUT2D eigenvalue weighted by Gasteiger charge is -2.24. The minimum Gasteiger partial charge on any atom is -0.451 e. The van der Waals surface area contributed by atoms with Crippen molar-refractivity contribution in [2.75, 3.05) is 7.05 Å². The smallest absolute Gasteiger partial charge is 0.323 e. The summed E-state index contributed by atoms with van der Waals surface area (Å²) in [5.41, 5.74) is 1.08. The van der Waals surface area contributed by atoms with E-state index in [1.807, 2.05) is 42.3 Å². The lowest BCUT2D eigenvalue weighted by atomic mass is 10.2. The number of imide groups is 1. The number of ether oxygens (including phenoxy) is 1. The molecule has 0 aromatic heterocycles. The number of rotatable bonds is 7. The van der Waals surface area contributed by atoms with E-state index in [4.69, 9.17) is 4.74 Å². The van der Waals surface area contributed by atoms with Gasteiger partial charge in [0.25, 0.3) is 5.91 Å². The van der Waals surface area contributed by atoms with Crippen LogP contribution >= 0.6 is 0 Å². The molecule has 2 atom stereocenters. The second kappa shape index (κ2) is 8.62. The van der Waals surface area contributed by atoms with E-state index >= 15 is 0 Å². The van der Waals surface area contributed by atoms with Crippen LogP contribution in [0, 0.1) is 0 Å². The molecular formula is C18H25N3O4. The van der Waals surface area contributed by atoms with Crippen molar-refractivity contribution in [3.63, 3.8) is 0 Å². The number of urea groups is 1. The highest BCUT2D eigenvalue weighted by molar-refractivity contribution is 5.97. The molecule has 7 nitrogen and oxygen atoms in total. The van der Waals surface area contributed by atoms with E-state index in [9.17, 15) is 14.4 Å². The molecule has 0 saturated heterocycles. The number of carbonyl (C=O) groups excluding carboxylic acids is 3. The lowest BCUT2D eigenvalue weighted by molar-refractivity contribution is -0.158. The zero-order valence-electron chi connectivity index (χ0n) is 14.8. The summed E-state index contributed by atoms with van der Waals surface area (Å²) in [5.74, 6) is -1.15. The Kier molecular flexibility index (Phi) is 6.52. The first kappa shape index (κ1) is 18.9. The van der Waals surface area contributed by atoms with E-state index in [1.54, 1.807) is 6.92 Å². The zero-order chi connectivity index (χ0) is 18.4. The maximum atomic E-state index is 12.2. The third-order valence-electron chi connectivity index (χ3n) is 4.09. The molecule has 0 spiro atoms. The molecule has 3 amide bonds. The van der Waals surface area contributed by atoms with Crippen LogP contribution in [0.3, 0.4) is 0 Å². The maximum Gasteiger partial charge on any atom is 0.323 e. The highest BCUT2D eigenvalue weighted by Gasteiger charge is 2.27. The minimum atomic E-state index is -1.04. The van der Waals surface area contributed by atoms with Gasteiger partial charge in [0, 0.05) is 12.6 Å². The Bertz CT molecular complexity index is 616. The van der Waals surface area contributed by atoms with Crippen LogP contribution in [0.1, 0.15) is 32.3 Å². The first-order valence-electron chi connectivity index (χ1n) is 8.43. The number of nitrogens with one attached hydrogen (secondary N) is 2. The quantitative estimate of drug-likeness (QED) is 0.729. The first-order chi connectivity index (χ1) is 11.9. The monoisotopic (exact) mass is 347 g/mol. The van der Waals surface area contributed by atoms with E-state index in [0.717, 1.165) is 18.4 Å². The Morgan fingerprint density at radius 1 is 1.20 bits per heavy atom. The summed E-state index contributed by atoms with van der Waals surface area (Å²) in [5, 5.41) is 4.83. The molecule has 2 N–H and O–H groups in total. The summed E-state index contributed by atoms with van der Waals surface area (Å²) in [4.78, 5) is 37.5. The zero-order valence-corrected chi connectivity index (χ0v) is 14.8. The predicted molar refractivity (Wildman–Crippen MR) is 92.6 cm³/mol. The number of hydrogen-bond acceptors (Lipinski definition) is 5. The number of amides is 3. The van der Waals surface area contributed by atoms with Gasteiger partial charge in [-0.25, -0.2) is 4.79 Å². The van der Waals surface area contributed by atoms with Crippen LogP contribution in [0.2, 0.25) is 0 Å². The van der Waals surface area contributed by atoms with Crippen molar-refractivity contribution in [2.45, 2.75) is 51.4 Å². The third kappa shape index (κ3) is 6.19. The van der Waals surface area contributed by atoms with Crippen LogP contribution < -0.4 is 10.6 Å². The molecule has 0 unspecified atom stereocenters. The lowest BCUT2D eigenvalue weighted by Crippen LogP contribution is -2.47. The van der Waals surface area contributed by atoms with Gasteiger partial charge in [-0.2, -0.15) is 0 Å². The van der Waals surface area contributed by atoms with Crippen LogP contribution in [0.15, 0.2) is 30.3 Å². The summed E-state index contributed by atoms with van der Waals surface area (Å²) in [6, 6.07) is 8.83. The normalized spacial score (nSPS) is 16.0. The largest absolute Gasteiger partial charge is 0.451 e. The standard InChI is InChI=1S/C18H25N3O4/c1-12(21(3)11-14-7-5-4-6-8-14)17(23)25-13(2)16(22)20-18(24)19-15-9-10-15/h4-8,12-13,15H,9-11H2,1-3H3,(H2,19,20,22,24)/t12-,13+/m1/s1. The Morgan fingerprint density at radius 2 is 1.84 bits per heavy atom. The summed E-state index contributed by atoms with van der Waals surface area (Å²) >= 11 is 0. The average Bonchev–Trinajstić information content (AvgIpc) is 3.38. The molecular weight excluding hydrogens is 322 g/mol. The van der Waals surface area contributed by atoms with Crippen molar-refractivity contribution in [1.82, 2.24) is 15.5 Å². The van der Waals surface area contributed by atoms with Gasteiger partial charge in [0.05, 0.1) is 0 Å². The summed E-state index contributed by atoms with van der Waals surface area (Å²) in [7, 11) is 1.81. The fourth-order valence-electron chi connectivity index (χ4n) is 2.18. The van der Waals surface area contributed by atoms with Gasteiger partial charge >= 0.3 is 12.0 Å². The molecule has 1 aromatic rings. The Morgan fingerprint density at radius 3 is 2.44 bits per heavy atom. The fourth-order valence-corrected chi connectivity index (χ4v) is 2.18. The van der Waals surface area contributed by atoms with Crippen LogP contribution in [-0.2, 0) is 20.9 Å². The van der Waals surface area contributed by atoms with Crippen molar-refractivity contribution in [3.8, 4) is 0 Å². The van der Waals surface area contributed by atoms with Crippen LogP contribution in [0.5, 0.6) is 0 Å². The van der Waals surface area contributed by atoms with Crippen LogP contribution in [0.25, 0.3) is 0 Å². The van der Waals surface area contributed by atoms with Gasteiger partial charge in [0.1, 0.15) is 6.04 Å². The van der Waals surface area contributed by atoms with Gasteiger partial charge < -0.3 is 10.1 Å². The van der Waals surface area contributed by atoms with Gasteiger partial charge in [-0.1, -0.05) is 30.3 Å². The first-order valence-corrected chi connectivity index (χ1v) is 8.43. The number of esters is 1. The van der Waals surface area contributed by atoms with Crippen molar-refractivity contribution in [3.05, 3.63) is 35.9 Å². The van der Waals surface area contributed by atoms with Gasteiger partial charge in [-0.3, -0.25) is 19.8 Å².